The fraction of sp³-hybridized carbons (Fsp3) is 0.833. The molecule has 1 heterocycles. The minimum absolute atomic E-state index is 0.122. The highest BCUT2D eigenvalue weighted by Gasteiger charge is 2.42. The van der Waals surface area contributed by atoms with E-state index in [-0.39, 0.29) is 12.5 Å². The van der Waals surface area contributed by atoms with Crippen LogP contribution in [0.5, 0.6) is 0 Å². The lowest BCUT2D eigenvalue weighted by Crippen LogP contribution is -2.44. The van der Waals surface area contributed by atoms with Crippen molar-refractivity contribution in [1.29, 1.82) is 0 Å². The Bertz CT molecular complexity index is 317. The fourth-order valence-electron chi connectivity index (χ4n) is 2.17. The zero-order valence-electron chi connectivity index (χ0n) is 10.8. The predicted octanol–water partition coefficient (Wildman–Crippen LogP) is 0.683. The van der Waals surface area contributed by atoms with Crippen molar-refractivity contribution >= 4 is 11.9 Å². The molecule has 1 amide bonds. The molecule has 0 aromatic rings. The summed E-state index contributed by atoms with van der Waals surface area (Å²) in [6.07, 6.45) is 1.14. The molecular formula is C12H22N2O3. The summed E-state index contributed by atoms with van der Waals surface area (Å²) in [4.78, 5) is 24.7. The maximum absolute atomic E-state index is 12.0. The van der Waals surface area contributed by atoms with Crippen LogP contribution >= 0.6 is 0 Å². The predicted molar refractivity (Wildman–Crippen MR) is 64.4 cm³/mol. The van der Waals surface area contributed by atoms with Gasteiger partial charge in [0.25, 0.3) is 0 Å². The topological polar surface area (TPSA) is 83.6 Å². The molecule has 3 N–H and O–H groups in total. The summed E-state index contributed by atoms with van der Waals surface area (Å²) in [5.41, 5.74) is 5.01. The summed E-state index contributed by atoms with van der Waals surface area (Å²) in [5, 5.41) is 9.09. The molecule has 0 saturated carbocycles. The molecule has 1 saturated heterocycles. The molecule has 0 aromatic carbocycles. The largest absolute Gasteiger partial charge is 0.481 e. The highest BCUT2D eigenvalue weighted by molar-refractivity contribution is 5.84. The van der Waals surface area contributed by atoms with E-state index in [0.29, 0.717) is 25.3 Å². The van der Waals surface area contributed by atoms with Crippen molar-refractivity contribution < 1.29 is 14.7 Å². The number of aliphatic carboxylic acids is 1. The first kappa shape index (κ1) is 14.0. The van der Waals surface area contributed by atoms with Crippen LogP contribution in [-0.2, 0) is 9.59 Å². The third-order valence-corrected chi connectivity index (χ3v) is 3.34. The van der Waals surface area contributed by atoms with E-state index in [2.05, 4.69) is 0 Å². The van der Waals surface area contributed by atoms with E-state index in [1.165, 1.54) is 0 Å². The van der Waals surface area contributed by atoms with Gasteiger partial charge in [0.05, 0.1) is 11.5 Å². The number of rotatable bonds is 4. The van der Waals surface area contributed by atoms with E-state index in [9.17, 15) is 9.59 Å². The molecule has 0 aliphatic carbocycles. The first-order chi connectivity index (χ1) is 7.76. The molecule has 0 bridgehead atoms. The van der Waals surface area contributed by atoms with Crippen LogP contribution in [0, 0.1) is 11.3 Å². The lowest BCUT2D eigenvalue weighted by molar-refractivity contribution is -0.147. The van der Waals surface area contributed by atoms with Gasteiger partial charge in [0.2, 0.25) is 5.91 Å². The summed E-state index contributed by atoms with van der Waals surface area (Å²) >= 11 is 0. The van der Waals surface area contributed by atoms with Gasteiger partial charge in [0.1, 0.15) is 0 Å². The number of likely N-dealkylation sites (tertiary alicyclic amines) is 1. The molecule has 1 aliphatic rings. The summed E-state index contributed by atoms with van der Waals surface area (Å²) in [6, 6.07) is -0.508. The normalized spacial score (nSPS) is 26.3. The van der Waals surface area contributed by atoms with Crippen LogP contribution in [-0.4, -0.2) is 41.0 Å². The zero-order chi connectivity index (χ0) is 13.2. The molecule has 1 fully saturated rings. The first-order valence-electron chi connectivity index (χ1n) is 6.04. The molecule has 5 heteroatoms. The number of carboxylic acid groups (broad SMARTS) is 1. The molecule has 1 aliphatic heterocycles. The van der Waals surface area contributed by atoms with Gasteiger partial charge in [-0.1, -0.05) is 13.8 Å². The van der Waals surface area contributed by atoms with E-state index in [0.717, 1.165) is 0 Å². The number of nitrogens with zero attached hydrogens (tertiary/aromatic N) is 1. The van der Waals surface area contributed by atoms with Crippen molar-refractivity contribution in [2.75, 3.05) is 13.1 Å². The van der Waals surface area contributed by atoms with Crippen molar-refractivity contribution in [2.24, 2.45) is 17.1 Å². The van der Waals surface area contributed by atoms with Crippen LogP contribution in [0.15, 0.2) is 0 Å². The summed E-state index contributed by atoms with van der Waals surface area (Å²) < 4.78 is 0. The van der Waals surface area contributed by atoms with Gasteiger partial charge in [0.15, 0.2) is 0 Å². The Hall–Kier alpha value is -1.10. The maximum Gasteiger partial charge on any atom is 0.311 e. The third-order valence-electron chi connectivity index (χ3n) is 3.34. The zero-order valence-corrected chi connectivity index (χ0v) is 10.8. The van der Waals surface area contributed by atoms with Gasteiger partial charge in [-0.05, 0) is 25.7 Å². The van der Waals surface area contributed by atoms with Crippen LogP contribution in [0.1, 0.15) is 33.6 Å². The van der Waals surface area contributed by atoms with Crippen molar-refractivity contribution in [3.63, 3.8) is 0 Å². The Kier molecular flexibility index (Phi) is 4.14. The van der Waals surface area contributed by atoms with Gasteiger partial charge in [0, 0.05) is 13.1 Å². The molecule has 17 heavy (non-hydrogen) atoms. The minimum Gasteiger partial charge on any atom is -0.481 e. The first-order valence-corrected chi connectivity index (χ1v) is 6.04. The lowest BCUT2D eigenvalue weighted by atomic mass is 9.90. The van der Waals surface area contributed by atoms with E-state index >= 15 is 0 Å². The van der Waals surface area contributed by atoms with E-state index in [1.54, 1.807) is 11.8 Å². The summed E-state index contributed by atoms with van der Waals surface area (Å²) in [6.45, 7) is 6.47. The molecule has 1 unspecified atom stereocenters. The van der Waals surface area contributed by atoms with Crippen molar-refractivity contribution in [2.45, 2.75) is 39.7 Å². The van der Waals surface area contributed by atoms with E-state index in [4.69, 9.17) is 10.8 Å². The van der Waals surface area contributed by atoms with Gasteiger partial charge in [-0.3, -0.25) is 9.59 Å². The van der Waals surface area contributed by atoms with Gasteiger partial charge in [-0.15, -0.1) is 0 Å². The number of carbonyl (C=O) groups is 2. The average Bonchev–Trinajstić information content (AvgIpc) is 2.60. The van der Waals surface area contributed by atoms with E-state index < -0.39 is 17.4 Å². The molecule has 0 radical (unpaired) electrons. The van der Waals surface area contributed by atoms with Gasteiger partial charge in [-0.2, -0.15) is 0 Å². The Morgan fingerprint density at radius 1 is 1.47 bits per heavy atom. The molecule has 0 spiro atoms. The third kappa shape index (κ3) is 3.19. The summed E-state index contributed by atoms with van der Waals surface area (Å²) in [5.74, 6) is -0.601. The molecule has 0 aromatic heterocycles. The standard InChI is InChI=1S/C12H22N2O3/c1-8(2)6-9(13)10(15)14-5-4-12(3,7-14)11(16)17/h8-9H,4-7,13H2,1-3H3,(H,16,17)/t9-,12?/m0/s1. The molecular weight excluding hydrogens is 220 g/mol. The van der Waals surface area contributed by atoms with Crippen molar-refractivity contribution in [3.05, 3.63) is 0 Å². The molecule has 5 nitrogen and oxygen atoms in total. The second-order valence-electron chi connectivity index (χ2n) is 5.61. The summed E-state index contributed by atoms with van der Waals surface area (Å²) in [7, 11) is 0. The minimum atomic E-state index is -0.842. The quantitative estimate of drug-likeness (QED) is 0.759. The average molecular weight is 242 g/mol. The SMILES string of the molecule is CC(C)C[C@H](N)C(=O)N1CCC(C)(C(=O)O)C1. The number of hydrogen-bond donors (Lipinski definition) is 2. The second kappa shape index (κ2) is 5.04. The maximum atomic E-state index is 12.0. The van der Waals surface area contributed by atoms with Crippen LogP contribution in [0.4, 0.5) is 0 Å². The fourth-order valence-corrected chi connectivity index (χ4v) is 2.17. The molecule has 2 atom stereocenters. The highest BCUT2D eigenvalue weighted by Crippen LogP contribution is 2.30. The van der Waals surface area contributed by atoms with Gasteiger partial charge >= 0.3 is 5.97 Å². The van der Waals surface area contributed by atoms with E-state index in [1.807, 2.05) is 13.8 Å². The molecule has 98 valence electrons. The van der Waals surface area contributed by atoms with Gasteiger partial charge < -0.3 is 15.7 Å². The number of carboxylic acids is 1. The monoisotopic (exact) mass is 242 g/mol. The Morgan fingerprint density at radius 2 is 2.06 bits per heavy atom. The van der Waals surface area contributed by atoms with Crippen LogP contribution < -0.4 is 5.73 Å². The lowest BCUT2D eigenvalue weighted by Gasteiger charge is -2.23. The Labute approximate surface area is 102 Å². The van der Waals surface area contributed by atoms with Gasteiger partial charge in [-0.25, -0.2) is 0 Å². The van der Waals surface area contributed by atoms with Crippen molar-refractivity contribution in [1.82, 2.24) is 4.90 Å². The second-order valence-corrected chi connectivity index (χ2v) is 5.61. The Balaban J connectivity index is 2.59. The smallest absolute Gasteiger partial charge is 0.311 e. The molecule has 1 rings (SSSR count). The van der Waals surface area contributed by atoms with Crippen LogP contribution in [0.2, 0.25) is 0 Å². The van der Waals surface area contributed by atoms with Crippen molar-refractivity contribution in [3.8, 4) is 0 Å². The van der Waals surface area contributed by atoms with Crippen LogP contribution in [0.25, 0.3) is 0 Å². The highest BCUT2D eigenvalue weighted by atomic mass is 16.4. The number of hydrogen-bond acceptors (Lipinski definition) is 3. The number of amides is 1. The van der Waals surface area contributed by atoms with Crippen LogP contribution in [0.3, 0.4) is 0 Å². The Morgan fingerprint density at radius 3 is 2.47 bits per heavy atom. The number of carbonyl (C=O) groups excluding carboxylic acids is 1. The number of nitrogens with two attached hydrogens (primary N) is 1.